The molecule has 0 radical (unpaired) electrons. The van der Waals surface area contributed by atoms with Crippen LogP contribution in [0.4, 0.5) is 0 Å². The lowest BCUT2D eigenvalue weighted by Gasteiger charge is -2.27. The van der Waals surface area contributed by atoms with Crippen LogP contribution < -0.4 is 5.32 Å². The molecule has 19 heavy (non-hydrogen) atoms. The molecule has 1 fully saturated rings. The average Bonchev–Trinajstić information content (AvgIpc) is 3.17. The third-order valence-electron chi connectivity index (χ3n) is 3.83. The molecule has 0 amide bonds. The Labute approximate surface area is 121 Å². The van der Waals surface area contributed by atoms with Crippen LogP contribution in [0.1, 0.15) is 31.4 Å². The summed E-state index contributed by atoms with van der Waals surface area (Å²) >= 11 is 3.39. The van der Waals surface area contributed by atoms with Crippen molar-refractivity contribution >= 4 is 22.7 Å². The second-order valence-corrected chi connectivity index (χ2v) is 6.79. The van der Waals surface area contributed by atoms with Crippen LogP contribution in [0.25, 0.3) is 10.6 Å². The predicted molar refractivity (Wildman–Crippen MR) is 80.6 cm³/mol. The molecular weight excluding hydrogens is 276 g/mol. The molecule has 1 aliphatic carbocycles. The first-order valence-electron chi connectivity index (χ1n) is 6.64. The molecule has 3 rings (SSSR count). The zero-order chi connectivity index (χ0) is 13.1. The lowest BCUT2D eigenvalue weighted by molar-refractivity contribution is 0.162. The summed E-state index contributed by atoms with van der Waals surface area (Å²) in [6.07, 6.45) is 4.58. The smallest absolute Gasteiger partial charge is 0.124 e. The fraction of sp³-hybridized carbons (Fsp3) is 0.500. The number of nitrogens with zero attached hydrogens (tertiary/aromatic N) is 1. The number of thiophene rings is 1. The van der Waals surface area contributed by atoms with E-state index >= 15 is 0 Å². The van der Waals surface area contributed by atoms with Crippen molar-refractivity contribution in [3.8, 4) is 10.6 Å². The maximum atomic E-state index is 9.57. The highest BCUT2D eigenvalue weighted by atomic mass is 32.1. The molecule has 2 aromatic rings. The highest BCUT2D eigenvalue weighted by molar-refractivity contribution is 7.14. The first-order valence-corrected chi connectivity index (χ1v) is 8.46. The van der Waals surface area contributed by atoms with Gasteiger partial charge in [-0.25, -0.2) is 4.98 Å². The standard InChI is InChI=1S/C14H18N2OS2/c17-10-14(4-1-2-5-14)15-7-12-9-19-13(16-12)11-3-6-18-8-11/h3,6,8-9,15,17H,1-2,4-5,7,10H2. The molecule has 2 N–H and O–H groups in total. The van der Waals surface area contributed by atoms with Gasteiger partial charge in [0, 0.05) is 28.4 Å². The van der Waals surface area contributed by atoms with Crippen LogP contribution in [0.2, 0.25) is 0 Å². The summed E-state index contributed by atoms with van der Waals surface area (Å²) in [5.74, 6) is 0. The van der Waals surface area contributed by atoms with Crippen LogP contribution in [-0.4, -0.2) is 22.2 Å². The SMILES string of the molecule is OCC1(NCc2csc(-c3ccsc3)n2)CCCC1. The highest BCUT2D eigenvalue weighted by Gasteiger charge is 2.32. The summed E-state index contributed by atoms with van der Waals surface area (Å²) in [5, 5.41) is 20.5. The van der Waals surface area contributed by atoms with E-state index < -0.39 is 0 Å². The molecule has 0 unspecified atom stereocenters. The van der Waals surface area contributed by atoms with Crippen molar-refractivity contribution in [1.82, 2.24) is 10.3 Å². The van der Waals surface area contributed by atoms with Gasteiger partial charge in [0.25, 0.3) is 0 Å². The van der Waals surface area contributed by atoms with E-state index in [1.807, 2.05) is 0 Å². The number of hydrogen-bond donors (Lipinski definition) is 2. The van der Waals surface area contributed by atoms with Crippen molar-refractivity contribution in [3.05, 3.63) is 27.9 Å². The predicted octanol–water partition coefficient (Wildman–Crippen LogP) is 3.27. The second-order valence-electron chi connectivity index (χ2n) is 5.16. The van der Waals surface area contributed by atoms with Gasteiger partial charge in [0.1, 0.15) is 5.01 Å². The van der Waals surface area contributed by atoms with E-state index in [1.165, 1.54) is 18.4 Å². The maximum absolute atomic E-state index is 9.57. The molecular formula is C14H18N2OS2. The maximum Gasteiger partial charge on any atom is 0.124 e. The summed E-state index contributed by atoms with van der Waals surface area (Å²) < 4.78 is 0. The number of rotatable bonds is 5. The Morgan fingerprint density at radius 3 is 2.84 bits per heavy atom. The van der Waals surface area contributed by atoms with Gasteiger partial charge < -0.3 is 10.4 Å². The molecule has 0 aromatic carbocycles. The molecule has 0 bridgehead atoms. The van der Waals surface area contributed by atoms with Gasteiger partial charge in [0.2, 0.25) is 0 Å². The van der Waals surface area contributed by atoms with E-state index in [4.69, 9.17) is 0 Å². The minimum Gasteiger partial charge on any atom is -0.394 e. The van der Waals surface area contributed by atoms with E-state index in [0.717, 1.165) is 30.1 Å². The van der Waals surface area contributed by atoms with Crippen LogP contribution in [0.3, 0.4) is 0 Å². The van der Waals surface area contributed by atoms with Gasteiger partial charge in [-0.3, -0.25) is 0 Å². The molecule has 2 heterocycles. The molecule has 0 saturated heterocycles. The molecule has 0 aliphatic heterocycles. The van der Waals surface area contributed by atoms with Gasteiger partial charge in [-0.2, -0.15) is 11.3 Å². The molecule has 5 heteroatoms. The van der Waals surface area contributed by atoms with Crippen molar-refractivity contribution in [3.63, 3.8) is 0 Å². The molecule has 2 aromatic heterocycles. The third-order valence-corrected chi connectivity index (χ3v) is 5.45. The van der Waals surface area contributed by atoms with Crippen LogP contribution in [0, 0.1) is 0 Å². The Morgan fingerprint density at radius 1 is 1.32 bits per heavy atom. The van der Waals surface area contributed by atoms with Gasteiger partial charge in [-0.05, 0) is 24.3 Å². The first kappa shape index (κ1) is 13.2. The third kappa shape index (κ3) is 2.89. The van der Waals surface area contributed by atoms with Crippen molar-refractivity contribution in [1.29, 1.82) is 0 Å². The van der Waals surface area contributed by atoms with E-state index in [1.54, 1.807) is 22.7 Å². The van der Waals surface area contributed by atoms with Crippen LogP contribution >= 0.6 is 22.7 Å². The fourth-order valence-corrected chi connectivity index (χ4v) is 4.16. The Hall–Kier alpha value is -0.750. The van der Waals surface area contributed by atoms with E-state index in [9.17, 15) is 5.11 Å². The summed E-state index contributed by atoms with van der Waals surface area (Å²) in [4.78, 5) is 4.66. The number of hydrogen-bond acceptors (Lipinski definition) is 5. The van der Waals surface area contributed by atoms with Gasteiger partial charge in [0.05, 0.1) is 12.3 Å². The number of aliphatic hydroxyl groups is 1. The first-order chi connectivity index (χ1) is 9.31. The Balaban J connectivity index is 1.64. The summed E-state index contributed by atoms with van der Waals surface area (Å²) in [5.41, 5.74) is 2.22. The molecule has 102 valence electrons. The number of aliphatic hydroxyl groups excluding tert-OH is 1. The second kappa shape index (κ2) is 5.71. The van der Waals surface area contributed by atoms with Crippen molar-refractivity contribution in [2.75, 3.05) is 6.61 Å². The molecule has 1 saturated carbocycles. The Kier molecular flexibility index (Phi) is 3.98. The van der Waals surface area contributed by atoms with E-state index in [2.05, 4.69) is 32.5 Å². The van der Waals surface area contributed by atoms with Crippen LogP contribution in [0.15, 0.2) is 22.2 Å². The van der Waals surface area contributed by atoms with E-state index in [0.29, 0.717) is 0 Å². The zero-order valence-corrected chi connectivity index (χ0v) is 12.4. The van der Waals surface area contributed by atoms with Crippen molar-refractivity contribution in [2.45, 2.75) is 37.8 Å². The Bertz CT molecular complexity index is 515. The zero-order valence-electron chi connectivity index (χ0n) is 10.8. The lowest BCUT2D eigenvalue weighted by atomic mass is 9.99. The fourth-order valence-electron chi connectivity index (χ4n) is 2.63. The number of thiazole rings is 1. The highest BCUT2D eigenvalue weighted by Crippen LogP contribution is 2.30. The van der Waals surface area contributed by atoms with Crippen LogP contribution in [0.5, 0.6) is 0 Å². The van der Waals surface area contributed by atoms with Gasteiger partial charge in [-0.1, -0.05) is 12.8 Å². The largest absolute Gasteiger partial charge is 0.394 e. The normalized spacial score (nSPS) is 17.9. The Morgan fingerprint density at radius 2 is 2.16 bits per heavy atom. The summed E-state index contributed by atoms with van der Waals surface area (Å²) in [7, 11) is 0. The quantitative estimate of drug-likeness (QED) is 0.889. The van der Waals surface area contributed by atoms with Crippen LogP contribution in [-0.2, 0) is 6.54 Å². The average molecular weight is 294 g/mol. The monoisotopic (exact) mass is 294 g/mol. The molecule has 3 nitrogen and oxygen atoms in total. The van der Waals surface area contributed by atoms with Gasteiger partial charge in [-0.15, -0.1) is 11.3 Å². The molecule has 0 atom stereocenters. The van der Waals surface area contributed by atoms with Crippen molar-refractivity contribution < 1.29 is 5.11 Å². The summed E-state index contributed by atoms with van der Waals surface area (Å²) in [6, 6.07) is 2.10. The van der Waals surface area contributed by atoms with Gasteiger partial charge >= 0.3 is 0 Å². The lowest BCUT2D eigenvalue weighted by Crippen LogP contribution is -2.45. The number of aromatic nitrogens is 1. The summed E-state index contributed by atoms with van der Waals surface area (Å²) in [6.45, 7) is 0.982. The molecule has 0 spiro atoms. The number of nitrogens with one attached hydrogen (secondary N) is 1. The minimum atomic E-state index is -0.0633. The minimum absolute atomic E-state index is 0.0633. The van der Waals surface area contributed by atoms with Crippen molar-refractivity contribution in [2.24, 2.45) is 0 Å². The topological polar surface area (TPSA) is 45.1 Å². The van der Waals surface area contributed by atoms with Gasteiger partial charge in [0.15, 0.2) is 0 Å². The van der Waals surface area contributed by atoms with E-state index in [-0.39, 0.29) is 12.1 Å². The molecule has 1 aliphatic rings.